The lowest BCUT2D eigenvalue weighted by molar-refractivity contribution is -0.0563. The number of anilines is 1. The summed E-state index contributed by atoms with van der Waals surface area (Å²) in [6.45, 7) is 13.6. The molecule has 2 aromatic rings. The molecule has 34 heavy (non-hydrogen) atoms. The van der Waals surface area contributed by atoms with E-state index in [4.69, 9.17) is 14.7 Å². The molecule has 4 rings (SSSR count). The van der Waals surface area contributed by atoms with Crippen LogP contribution in [0.4, 0.5) is 5.95 Å². The molecule has 1 atom stereocenters. The first kappa shape index (κ1) is 25.2. The summed E-state index contributed by atoms with van der Waals surface area (Å²) in [4.78, 5) is 17.1. The normalized spacial score (nSPS) is 22.6. The molecule has 188 valence electrons. The second-order valence-corrected chi connectivity index (χ2v) is 12.0. The quantitative estimate of drug-likeness (QED) is 0.489. The third-order valence-electron chi connectivity index (χ3n) is 8.30. The van der Waals surface area contributed by atoms with Crippen molar-refractivity contribution in [1.29, 1.82) is 0 Å². The van der Waals surface area contributed by atoms with Crippen LogP contribution in [-0.2, 0) is 0 Å². The first-order chi connectivity index (χ1) is 16.1. The summed E-state index contributed by atoms with van der Waals surface area (Å²) in [5.74, 6) is 1.92. The highest BCUT2D eigenvalue weighted by atomic mass is 16.5. The minimum atomic E-state index is 0.0628. The molecule has 0 aromatic carbocycles. The minimum absolute atomic E-state index is 0.0628. The van der Waals surface area contributed by atoms with Gasteiger partial charge in [-0.15, -0.1) is 0 Å². The van der Waals surface area contributed by atoms with E-state index in [0.29, 0.717) is 23.8 Å². The van der Waals surface area contributed by atoms with Crippen LogP contribution in [0.1, 0.15) is 111 Å². The Balaban J connectivity index is 1.68. The number of pyridine rings is 1. The zero-order chi connectivity index (χ0) is 24.5. The zero-order valence-electron chi connectivity index (χ0n) is 22.4. The molecule has 2 aliphatic rings. The van der Waals surface area contributed by atoms with Crippen molar-refractivity contribution >= 4 is 16.9 Å². The fourth-order valence-corrected chi connectivity index (χ4v) is 6.14. The van der Waals surface area contributed by atoms with Crippen LogP contribution in [0.15, 0.2) is 12.4 Å². The Hall–Kier alpha value is -1.95. The highest BCUT2D eigenvalue weighted by Crippen LogP contribution is 2.41. The third-order valence-corrected chi connectivity index (χ3v) is 8.30. The summed E-state index contributed by atoms with van der Waals surface area (Å²) in [6.07, 6.45) is 14.6. The maximum absolute atomic E-state index is 6.65. The smallest absolute Gasteiger partial charge is 0.224 e. The summed E-state index contributed by atoms with van der Waals surface area (Å²) in [6, 6.07) is 0.349. The molecule has 0 bridgehead atoms. The Kier molecular flexibility index (Phi) is 7.37. The molecule has 0 amide bonds. The highest BCUT2D eigenvalue weighted by molar-refractivity contribution is 5.86. The molecule has 0 radical (unpaired) electrons. The number of nitrogens with one attached hydrogen (secondary N) is 1. The Bertz CT molecular complexity index is 964. The van der Waals surface area contributed by atoms with E-state index in [0.717, 1.165) is 36.6 Å². The van der Waals surface area contributed by atoms with Crippen LogP contribution in [0.3, 0.4) is 0 Å². The molecule has 2 fully saturated rings. The second kappa shape index (κ2) is 9.96. The van der Waals surface area contributed by atoms with Crippen molar-refractivity contribution in [2.75, 3.05) is 12.4 Å². The summed E-state index contributed by atoms with van der Waals surface area (Å²) in [5.41, 5.74) is 2.41. The van der Waals surface area contributed by atoms with E-state index in [2.05, 4.69) is 63.8 Å². The van der Waals surface area contributed by atoms with Crippen molar-refractivity contribution in [3.63, 3.8) is 0 Å². The van der Waals surface area contributed by atoms with Crippen molar-refractivity contribution in [1.82, 2.24) is 19.9 Å². The van der Waals surface area contributed by atoms with Gasteiger partial charge in [-0.05, 0) is 66.8 Å². The molecular formula is C28H45N5O. The summed E-state index contributed by atoms with van der Waals surface area (Å²) in [7, 11) is 2.23. The zero-order valence-corrected chi connectivity index (χ0v) is 22.4. The molecule has 6 nitrogen and oxygen atoms in total. The molecule has 1 unspecified atom stereocenters. The van der Waals surface area contributed by atoms with Gasteiger partial charge < -0.3 is 10.1 Å². The molecule has 6 heteroatoms. The average Bonchev–Trinajstić information content (AvgIpc) is 2.78. The van der Waals surface area contributed by atoms with E-state index in [1.807, 2.05) is 12.4 Å². The predicted molar refractivity (Wildman–Crippen MR) is 141 cm³/mol. The lowest BCUT2D eigenvalue weighted by Gasteiger charge is -2.53. The van der Waals surface area contributed by atoms with Gasteiger partial charge in [-0.25, -0.2) is 15.0 Å². The SMILES string of the molecule is CCCC(C)Nc1ncc2c(OC3CC(C)(C)N(C)C(C)(C)C3)ncc(C3CCCCC3)c2n1. The van der Waals surface area contributed by atoms with Gasteiger partial charge in [0, 0.05) is 47.9 Å². The van der Waals surface area contributed by atoms with Crippen LogP contribution >= 0.6 is 0 Å². The van der Waals surface area contributed by atoms with E-state index >= 15 is 0 Å². The Morgan fingerprint density at radius 1 is 1.06 bits per heavy atom. The van der Waals surface area contributed by atoms with Crippen LogP contribution in [0.25, 0.3) is 10.9 Å². The second-order valence-electron chi connectivity index (χ2n) is 12.0. The summed E-state index contributed by atoms with van der Waals surface area (Å²) >= 11 is 0. The first-order valence-electron chi connectivity index (χ1n) is 13.4. The largest absolute Gasteiger partial charge is 0.474 e. The van der Waals surface area contributed by atoms with Gasteiger partial charge in [0.15, 0.2) is 0 Å². The monoisotopic (exact) mass is 467 g/mol. The number of rotatable bonds is 7. The van der Waals surface area contributed by atoms with Crippen molar-refractivity contribution in [2.24, 2.45) is 0 Å². The lowest BCUT2D eigenvalue weighted by Crippen LogP contribution is -2.60. The maximum Gasteiger partial charge on any atom is 0.224 e. The van der Waals surface area contributed by atoms with Gasteiger partial charge in [0.2, 0.25) is 11.8 Å². The standard InChI is InChI=1S/C28H45N5O/c1-8-12-19(2)31-26-30-18-23-24(32-26)22(20-13-10-9-11-14-20)17-29-25(23)34-21-15-27(3,4)33(7)28(5,6)16-21/h17-21H,8-16H2,1-7H3,(H,30,31,32). The number of ether oxygens (including phenoxy) is 1. The number of fused-ring (bicyclic) bond motifs is 1. The van der Waals surface area contributed by atoms with Gasteiger partial charge in [0.05, 0.1) is 10.9 Å². The third kappa shape index (κ3) is 5.32. The maximum atomic E-state index is 6.65. The van der Waals surface area contributed by atoms with Crippen LogP contribution in [0.5, 0.6) is 5.88 Å². The van der Waals surface area contributed by atoms with Gasteiger partial charge in [-0.1, -0.05) is 32.6 Å². The van der Waals surface area contributed by atoms with Crippen LogP contribution < -0.4 is 10.1 Å². The molecule has 1 N–H and O–H groups in total. The molecule has 0 spiro atoms. The van der Waals surface area contributed by atoms with Crippen molar-refractivity contribution in [2.45, 2.75) is 128 Å². The average molecular weight is 468 g/mol. The van der Waals surface area contributed by atoms with Gasteiger partial charge in [-0.3, -0.25) is 4.90 Å². The topological polar surface area (TPSA) is 63.2 Å². The van der Waals surface area contributed by atoms with E-state index in [9.17, 15) is 0 Å². The Morgan fingerprint density at radius 3 is 2.38 bits per heavy atom. The number of aromatic nitrogens is 3. The lowest BCUT2D eigenvalue weighted by atomic mass is 9.79. The number of likely N-dealkylation sites (tertiary alicyclic amines) is 1. The molecule has 1 aliphatic carbocycles. The van der Waals surface area contributed by atoms with E-state index in [1.165, 1.54) is 37.7 Å². The minimum Gasteiger partial charge on any atom is -0.474 e. The summed E-state index contributed by atoms with van der Waals surface area (Å²) < 4.78 is 6.65. The van der Waals surface area contributed by atoms with Crippen molar-refractivity contribution < 1.29 is 4.74 Å². The van der Waals surface area contributed by atoms with Gasteiger partial charge in [0.25, 0.3) is 0 Å². The van der Waals surface area contributed by atoms with E-state index < -0.39 is 0 Å². The fourth-order valence-electron chi connectivity index (χ4n) is 6.14. The molecule has 1 saturated heterocycles. The van der Waals surface area contributed by atoms with E-state index in [-0.39, 0.29) is 17.2 Å². The Labute approximate surface area is 206 Å². The number of piperidine rings is 1. The Morgan fingerprint density at radius 2 is 1.74 bits per heavy atom. The summed E-state index contributed by atoms with van der Waals surface area (Å²) in [5, 5.41) is 4.45. The van der Waals surface area contributed by atoms with Gasteiger partial charge in [0.1, 0.15) is 6.10 Å². The molecule has 1 saturated carbocycles. The molecular weight excluding hydrogens is 422 g/mol. The van der Waals surface area contributed by atoms with Crippen LogP contribution in [0, 0.1) is 0 Å². The molecule has 1 aliphatic heterocycles. The van der Waals surface area contributed by atoms with Gasteiger partial charge in [-0.2, -0.15) is 0 Å². The fraction of sp³-hybridized carbons (Fsp3) is 0.750. The molecule has 3 heterocycles. The first-order valence-corrected chi connectivity index (χ1v) is 13.4. The molecule has 2 aromatic heterocycles. The number of hydrogen-bond donors (Lipinski definition) is 1. The van der Waals surface area contributed by atoms with Crippen LogP contribution in [0.2, 0.25) is 0 Å². The van der Waals surface area contributed by atoms with Gasteiger partial charge >= 0.3 is 0 Å². The number of hydrogen-bond acceptors (Lipinski definition) is 6. The van der Waals surface area contributed by atoms with Crippen LogP contribution in [-0.4, -0.2) is 50.1 Å². The van der Waals surface area contributed by atoms with Crippen molar-refractivity contribution in [3.8, 4) is 5.88 Å². The van der Waals surface area contributed by atoms with Crippen molar-refractivity contribution in [3.05, 3.63) is 18.0 Å². The number of nitrogens with zero attached hydrogens (tertiary/aromatic N) is 4. The van der Waals surface area contributed by atoms with E-state index in [1.54, 1.807) is 0 Å². The predicted octanol–water partition coefficient (Wildman–Crippen LogP) is 6.70. The highest BCUT2D eigenvalue weighted by Gasteiger charge is 2.44.